The molecule has 0 bridgehead atoms. The highest BCUT2D eigenvalue weighted by molar-refractivity contribution is 6.69. The van der Waals surface area contributed by atoms with Crippen LogP contribution in [0.5, 0.6) is 0 Å². The van der Waals surface area contributed by atoms with Crippen LogP contribution in [0.4, 0.5) is 0 Å². The van der Waals surface area contributed by atoms with E-state index in [4.69, 9.17) is 9.16 Å². The van der Waals surface area contributed by atoms with Crippen LogP contribution in [0.3, 0.4) is 0 Å². The summed E-state index contributed by atoms with van der Waals surface area (Å²) in [6, 6.07) is 0. The molecule has 92 valence electrons. The Bertz CT molecular complexity index is 321. The maximum atomic E-state index is 6.21. The van der Waals surface area contributed by atoms with Gasteiger partial charge in [0, 0.05) is 5.41 Å². The fourth-order valence-electron chi connectivity index (χ4n) is 2.89. The maximum Gasteiger partial charge on any atom is 0.184 e. The number of rotatable bonds is 2. The van der Waals surface area contributed by atoms with Crippen molar-refractivity contribution in [1.29, 1.82) is 0 Å². The molecule has 3 heteroatoms. The van der Waals surface area contributed by atoms with Gasteiger partial charge in [0.25, 0.3) is 0 Å². The van der Waals surface area contributed by atoms with Crippen molar-refractivity contribution in [1.82, 2.24) is 0 Å². The Morgan fingerprint density at radius 1 is 1.38 bits per heavy atom. The van der Waals surface area contributed by atoms with Crippen LogP contribution in [-0.4, -0.2) is 26.6 Å². The van der Waals surface area contributed by atoms with E-state index in [1.54, 1.807) is 0 Å². The Hall–Kier alpha value is -0.123. The molecule has 1 heterocycles. The molecule has 0 aromatic heterocycles. The minimum atomic E-state index is -1.45. The lowest BCUT2D eigenvalue weighted by molar-refractivity contribution is 0.0845. The summed E-state index contributed by atoms with van der Waals surface area (Å²) in [7, 11) is -1.45. The van der Waals surface area contributed by atoms with Crippen LogP contribution in [0.15, 0.2) is 11.6 Å². The second kappa shape index (κ2) is 3.44. The van der Waals surface area contributed by atoms with Crippen LogP contribution in [0, 0.1) is 5.41 Å². The molecule has 0 amide bonds. The van der Waals surface area contributed by atoms with Gasteiger partial charge >= 0.3 is 0 Å². The van der Waals surface area contributed by atoms with E-state index in [1.165, 1.54) is 5.57 Å². The molecule has 0 saturated carbocycles. The topological polar surface area (TPSA) is 21.8 Å². The smallest absolute Gasteiger partial charge is 0.184 e. The van der Waals surface area contributed by atoms with Crippen molar-refractivity contribution in [2.24, 2.45) is 5.41 Å². The Morgan fingerprint density at radius 2 is 1.94 bits per heavy atom. The molecule has 0 radical (unpaired) electrons. The van der Waals surface area contributed by atoms with Gasteiger partial charge < -0.3 is 9.16 Å². The maximum absolute atomic E-state index is 6.21. The minimum Gasteiger partial charge on any atom is -0.411 e. The predicted molar refractivity (Wildman–Crippen MR) is 69.1 cm³/mol. The SMILES string of the molecule is CC1=C[C@@H](O[Si](C)(C)C)CC(C)(C)[C@@]12CO2. The Labute approximate surface area is 100 Å². The molecule has 0 aromatic rings. The minimum absolute atomic E-state index is 0.0340. The Kier molecular flexibility index (Phi) is 2.65. The van der Waals surface area contributed by atoms with E-state index in [9.17, 15) is 0 Å². The van der Waals surface area contributed by atoms with Crippen molar-refractivity contribution < 1.29 is 9.16 Å². The highest BCUT2D eigenvalue weighted by Gasteiger charge is 2.60. The first kappa shape index (κ1) is 12.3. The summed E-state index contributed by atoms with van der Waals surface area (Å²) < 4.78 is 11.9. The van der Waals surface area contributed by atoms with Crippen LogP contribution in [0.25, 0.3) is 0 Å². The standard InChI is InChI=1S/C13H24O2Si/c1-10-7-11(15-16(4,5)6)8-12(2,3)13(10)9-14-13/h7,11H,8-9H2,1-6H3/t11-,13-/m1/s1. The van der Waals surface area contributed by atoms with Gasteiger partial charge in [-0.2, -0.15) is 0 Å². The van der Waals surface area contributed by atoms with Crippen LogP contribution in [0.1, 0.15) is 27.2 Å². The van der Waals surface area contributed by atoms with E-state index in [-0.39, 0.29) is 17.1 Å². The number of epoxide rings is 1. The summed E-state index contributed by atoms with van der Waals surface area (Å²) in [5.74, 6) is 0. The van der Waals surface area contributed by atoms with E-state index >= 15 is 0 Å². The number of hydrogen-bond acceptors (Lipinski definition) is 2. The fourth-order valence-corrected chi connectivity index (χ4v) is 3.95. The number of ether oxygens (including phenoxy) is 1. The summed E-state index contributed by atoms with van der Waals surface area (Å²) >= 11 is 0. The first-order chi connectivity index (χ1) is 7.16. The van der Waals surface area contributed by atoms with Gasteiger partial charge in [0.2, 0.25) is 0 Å². The number of hydrogen-bond donors (Lipinski definition) is 0. The lowest BCUT2D eigenvalue weighted by Crippen LogP contribution is -2.44. The predicted octanol–water partition coefficient (Wildman–Crippen LogP) is 3.35. The van der Waals surface area contributed by atoms with Gasteiger partial charge in [-0.05, 0) is 38.6 Å². The van der Waals surface area contributed by atoms with Crippen LogP contribution in [0.2, 0.25) is 19.6 Å². The molecule has 2 aliphatic rings. The van der Waals surface area contributed by atoms with Gasteiger partial charge in [-0.3, -0.25) is 0 Å². The van der Waals surface area contributed by atoms with Crippen molar-refractivity contribution in [2.45, 2.75) is 58.5 Å². The van der Waals surface area contributed by atoms with Gasteiger partial charge in [0.1, 0.15) is 5.60 Å². The third-order valence-corrected chi connectivity index (χ3v) is 4.83. The highest BCUT2D eigenvalue weighted by atomic mass is 28.4. The molecule has 1 aliphatic heterocycles. The average Bonchev–Trinajstić information content (AvgIpc) is 2.75. The van der Waals surface area contributed by atoms with Crippen LogP contribution >= 0.6 is 0 Å². The normalized spacial score (nSPS) is 37.4. The lowest BCUT2D eigenvalue weighted by Gasteiger charge is -2.41. The zero-order valence-corrected chi connectivity index (χ0v) is 12.4. The molecule has 0 aromatic carbocycles. The zero-order valence-electron chi connectivity index (χ0n) is 11.4. The second-order valence-corrected chi connectivity index (χ2v) is 11.3. The Morgan fingerprint density at radius 3 is 2.31 bits per heavy atom. The van der Waals surface area contributed by atoms with Gasteiger partial charge in [0.15, 0.2) is 8.32 Å². The van der Waals surface area contributed by atoms with Gasteiger partial charge in [-0.25, -0.2) is 0 Å². The van der Waals surface area contributed by atoms with Gasteiger partial charge in [-0.15, -0.1) is 0 Å². The summed E-state index contributed by atoms with van der Waals surface area (Å²) in [4.78, 5) is 0. The van der Waals surface area contributed by atoms with Crippen molar-refractivity contribution in [2.75, 3.05) is 6.61 Å². The highest BCUT2D eigenvalue weighted by Crippen LogP contribution is 2.55. The van der Waals surface area contributed by atoms with Crippen molar-refractivity contribution >= 4 is 8.32 Å². The third kappa shape index (κ3) is 2.00. The van der Waals surface area contributed by atoms with Crippen molar-refractivity contribution in [3.63, 3.8) is 0 Å². The zero-order chi connectivity index (χ0) is 12.2. The molecule has 1 saturated heterocycles. The molecule has 2 atom stereocenters. The van der Waals surface area contributed by atoms with E-state index in [0.29, 0.717) is 0 Å². The average molecular weight is 240 g/mol. The molecule has 1 spiro atoms. The molecule has 2 rings (SSSR count). The van der Waals surface area contributed by atoms with Crippen LogP contribution in [-0.2, 0) is 9.16 Å². The first-order valence-electron chi connectivity index (χ1n) is 6.17. The summed E-state index contributed by atoms with van der Waals surface area (Å²) in [5, 5.41) is 0. The molecular weight excluding hydrogens is 216 g/mol. The lowest BCUT2D eigenvalue weighted by atomic mass is 9.68. The van der Waals surface area contributed by atoms with Crippen LogP contribution < -0.4 is 0 Å². The summed E-state index contributed by atoms with van der Waals surface area (Å²) in [6.07, 6.45) is 3.65. The van der Waals surface area contributed by atoms with E-state index in [1.807, 2.05) is 0 Å². The molecule has 1 aliphatic carbocycles. The van der Waals surface area contributed by atoms with E-state index < -0.39 is 8.32 Å². The van der Waals surface area contributed by atoms with Gasteiger partial charge in [-0.1, -0.05) is 19.9 Å². The molecule has 2 nitrogen and oxygen atoms in total. The molecule has 0 N–H and O–H groups in total. The first-order valence-corrected chi connectivity index (χ1v) is 9.58. The van der Waals surface area contributed by atoms with Gasteiger partial charge in [0.05, 0.1) is 12.7 Å². The fraction of sp³-hybridized carbons (Fsp3) is 0.846. The van der Waals surface area contributed by atoms with E-state index in [2.05, 4.69) is 46.5 Å². The molecular formula is C13H24O2Si. The van der Waals surface area contributed by atoms with E-state index in [0.717, 1.165) is 13.0 Å². The quantitative estimate of drug-likeness (QED) is 0.419. The monoisotopic (exact) mass is 240 g/mol. The molecule has 1 fully saturated rings. The largest absolute Gasteiger partial charge is 0.411 e. The molecule has 0 unspecified atom stereocenters. The van der Waals surface area contributed by atoms with Crippen molar-refractivity contribution in [3.8, 4) is 0 Å². The second-order valence-electron chi connectivity index (χ2n) is 6.82. The summed E-state index contributed by atoms with van der Waals surface area (Å²) in [6.45, 7) is 14.4. The Balaban J connectivity index is 2.19. The summed E-state index contributed by atoms with van der Waals surface area (Å²) in [5.41, 5.74) is 1.61. The van der Waals surface area contributed by atoms with Crippen molar-refractivity contribution in [3.05, 3.63) is 11.6 Å². The third-order valence-electron chi connectivity index (χ3n) is 3.82. The molecule has 16 heavy (non-hydrogen) atoms.